The van der Waals surface area contributed by atoms with Crippen LogP contribution in [0.25, 0.3) is 0 Å². The number of nitrogens with zero attached hydrogens (tertiary/aromatic N) is 2. The Morgan fingerprint density at radius 3 is 2.94 bits per heavy atom. The van der Waals surface area contributed by atoms with Gasteiger partial charge in [0.1, 0.15) is 5.15 Å². The summed E-state index contributed by atoms with van der Waals surface area (Å²) in [7, 11) is 0. The molecule has 1 aromatic heterocycles. The Hall–Kier alpha value is -1.69. The van der Waals surface area contributed by atoms with E-state index in [1.165, 1.54) is 0 Å². The Morgan fingerprint density at radius 1 is 1.59 bits per heavy atom. The van der Waals surface area contributed by atoms with E-state index in [1.807, 2.05) is 0 Å². The summed E-state index contributed by atoms with van der Waals surface area (Å²) in [5, 5.41) is 5.41. The molecule has 7 heteroatoms. The molecule has 2 N–H and O–H groups in total. The largest absolute Gasteiger partial charge is 0.355 e. The fourth-order valence-electron chi connectivity index (χ4n) is 1.59. The normalized spacial score (nSPS) is 18.9. The van der Waals surface area contributed by atoms with Gasteiger partial charge in [0.25, 0.3) is 0 Å². The van der Waals surface area contributed by atoms with Crippen LogP contribution in [-0.2, 0) is 9.59 Å². The maximum Gasteiger partial charge on any atom is 0.232 e. The molecule has 2 amide bonds. The van der Waals surface area contributed by atoms with E-state index in [0.29, 0.717) is 12.2 Å². The van der Waals surface area contributed by atoms with Crippen LogP contribution in [0.1, 0.15) is 12.1 Å². The fourth-order valence-corrected chi connectivity index (χ4v) is 1.83. The van der Waals surface area contributed by atoms with Crippen LogP contribution in [0.5, 0.6) is 0 Å². The van der Waals surface area contributed by atoms with Crippen molar-refractivity contribution in [2.24, 2.45) is 5.92 Å². The molecule has 2 heterocycles. The predicted molar refractivity (Wildman–Crippen MR) is 61.5 cm³/mol. The molecule has 1 aliphatic heterocycles. The van der Waals surface area contributed by atoms with Gasteiger partial charge in [-0.3, -0.25) is 14.9 Å². The van der Waals surface area contributed by atoms with Crippen LogP contribution in [0, 0.1) is 12.8 Å². The number of halogens is 1. The van der Waals surface area contributed by atoms with Gasteiger partial charge in [0.15, 0.2) is 0 Å². The first kappa shape index (κ1) is 11.8. The van der Waals surface area contributed by atoms with E-state index in [0.717, 1.165) is 0 Å². The molecule has 1 aromatic rings. The molecule has 0 saturated carbocycles. The number of aryl methyl sites for hydroxylation is 1. The minimum Gasteiger partial charge on any atom is -0.355 e. The standard InChI is InChI=1S/C10H11ClN4O2/c1-5-2-7(11)14-10(13-5)15-9(17)6-3-8(16)12-4-6/h2,6H,3-4H2,1H3,(H,12,16)(H,13,14,15,17). The number of carbonyl (C=O) groups excluding carboxylic acids is 2. The third kappa shape index (κ3) is 2.91. The van der Waals surface area contributed by atoms with Crippen LogP contribution in [-0.4, -0.2) is 28.3 Å². The zero-order valence-corrected chi connectivity index (χ0v) is 9.91. The van der Waals surface area contributed by atoms with Crippen LogP contribution in [0.4, 0.5) is 5.95 Å². The van der Waals surface area contributed by atoms with E-state index in [-0.39, 0.29) is 35.3 Å². The van der Waals surface area contributed by atoms with Gasteiger partial charge in [-0.2, -0.15) is 0 Å². The molecular formula is C10H11ClN4O2. The summed E-state index contributed by atoms with van der Waals surface area (Å²) < 4.78 is 0. The highest BCUT2D eigenvalue weighted by molar-refractivity contribution is 6.29. The van der Waals surface area contributed by atoms with Gasteiger partial charge in [0.2, 0.25) is 17.8 Å². The van der Waals surface area contributed by atoms with Crippen LogP contribution in [0.15, 0.2) is 6.07 Å². The van der Waals surface area contributed by atoms with Crippen molar-refractivity contribution in [3.8, 4) is 0 Å². The summed E-state index contributed by atoms with van der Waals surface area (Å²) in [6.07, 6.45) is 0.200. The number of nitrogens with one attached hydrogen (secondary N) is 2. The van der Waals surface area contributed by atoms with Gasteiger partial charge < -0.3 is 5.32 Å². The molecule has 1 fully saturated rings. The molecule has 0 bridgehead atoms. The maximum atomic E-state index is 11.8. The van der Waals surface area contributed by atoms with E-state index in [9.17, 15) is 9.59 Å². The van der Waals surface area contributed by atoms with E-state index in [2.05, 4.69) is 20.6 Å². The van der Waals surface area contributed by atoms with Crippen molar-refractivity contribution in [1.29, 1.82) is 0 Å². The van der Waals surface area contributed by atoms with E-state index >= 15 is 0 Å². The molecule has 0 aliphatic carbocycles. The molecule has 0 aromatic carbocycles. The summed E-state index contributed by atoms with van der Waals surface area (Å²) in [5.41, 5.74) is 0.668. The third-order valence-corrected chi connectivity index (χ3v) is 2.60. The van der Waals surface area contributed by atoms with Gasteiger partial charge in [0, 0.05) is 18.7 Å². The van der Waals surface area contributed by atoms with Crippen molar-refractivity contribution in [2.45, 2.75) is 13.3 Å². The molecule has 1 unspecified atom stereocenters. The van der Waals surface area contributed by atoms with Gasteiger partial charge in [-0.1, -0.05) is 11.6 Å². The summed E-state index contributed by atoms with van der Waals surface area (Å²) in [6.45, 7) is 2.11. The number of hydrogen-bond donors (Lipinski definition) is 2. The number of rotatable bonds is 2. The molecule has 17 heavy (non-hydrogen) atoms. The lowest BCUT2D eigenvalue weighted by Crippen LogP contribution is -2.25. The lowest BCUT2D eigenvalue weighted by atomic mass is 10.1. The lowest BCUT2D eigenvalue weighted by molar-refractivity contribution is -0.123. The van der Waals surface area contributed by atoms with Crippen molar-refractivity contribution in [2.75, 3.05) is 11.9 Å². The number of hydrogen-bond acceptors (Lipinski definition) is 4. The topological polar surface area (TPSA) is 84.0 Å². The molecule has 1 aliphatic rings. The highest BCUT2D eigenvalue weighted by atomic mass is 35.5. The highest BCUT2D eigenvalue weighted by Gasteiger charge is 2.28. The first-order valence-corrected chi connectivity index (χ1v) is 5.51. The SMILES string of the molecule is Cc1cc(Cl)nc(NC(=O)C2CNC(=O)C2)n1. The fraction of sp³-hybridized carbons (Fsp3) is 0.400. The van der Waals surface area contributed by atoms with E-state index in [1.54, 1.807) is 13.0 Å². The van der Waals surface area contributed by atoms with Crippen molar-refractivity contribution in [1.82, 2.24) is 15.3 Å². The van der Waals surface area contributed by atoms with Crippen molar-refractivity contribution < 1.29 is 9.59 Å². The highest BCUT2D eigenvalue weighted by Crippen LogP contribution is 2.13. The van der Waals surface area contributed by atoms with Crippen molar-refractivity contribution >= 4 is 29.4 Å². The quantitative estimate of drug-likeness (QED) is 0.754. The van der Waals surface area contributed by atoms with Crippen LogP contribution >= 0.6 is 11.6 Å². The lowest BCUT2D eigenvalue weighted by Gasteiger charge is -2.08. The molecule has 0 radical (unpaired) electrons. The number of carbonyl (C=O) groups is 2. The first-order valence-electron chi connectivity index (χ1n) is 5.13. The Kier molecular flexibility index (Phi) is 3.23. The van der Waals surface area contributed by atoms with Crippen LogP contribution in [0.3, 0.4) is 0 Å². The Bertz CT molecular complexity index is 457. The first-order chi connectivity index (χ1) is 8.04. The van der Waals surface area contributed by atoms with Gasteiger partial charge in [-0.05, 0) is 13.0 Å². The molecule has 1 atom stereocenters. The molecular weight excluding hydrogens is 244 g/mol. The minimum absolute atomic E-state index is 0.117. The average molecular weight is 255 g/mol. The summed E-state index contributed by atoms with van der Waals surface area (Å²) >= 11 is 5.75. The number of anilines is 1. The Morgan fingerprint density at radius 2 is 2.35 bits per heavy atom. The number of aromatic nitrogens is 2. The molecule has 6 nitrogen and oxygen atoms in total. The van der Waals surface area contributed by atoms with E-state index < -0.39 is 0 Å². The third-order valence-electron chi connectivity index (χ3n) is 2.41. The Balaban J connectivity index is 2.05. The zero-order valence-electron chi connectivity index (χ0n) is 9.16. The second kappa shape index (κ2) is 4.67. The second-order valence-corrected chi connectivity index (χ2v) is 4.24. The molecule has 0 spiro atoms. The summed E-state index contributed by atoms with van der Waals surface area (Å²) in [4.78, 5) is 30.6. The number of amides is 2. The van der Waals surface area contributed by atoms with Crippen LogP contribution in [0.2, 0.25) is 5.15 Å². The summed E-state index contributed by atoms with van der Waals surface area (Å²) in [6, 6.07) is 1.60. The monoisotopic (exact) mass is 254 g/mol. The van der Waals surface area contributed by atoms with Crippen molar-refractivity contribution in [3.05, 3.63) is 16.9 Å². The maximum absolute atomic E-state index is 11.8. The van der Waals surface area contributed by atoms with Gasteiger partial charge in [-0.15, -0.1) is 0 Å². The van der Waals surface area contributed by atoms with E-state index in [4.69, 9.17) is 11.6 Å². The van der Waals surface area contributed by atoms with Crippen LogP contribution < -0.4 is 10.6 Å². The zero-order chi connectivity index (χ0) is 12.4. The Labute approximate surface area is 103 Å². The predicted octanol–water partition coefficient (Wildman–Crippen LogP) is 0.513. The molecule has 90 valence electrons. The smallest absolute Gasteiger partial charge is 0.232 e. The summed E-state index contributed by atoms with van der Waals surface area (Å²) in [5.74, 6) is -0.594. The van der Waals surface area contributed by atoms with Gasteiger partial charge in [-0.25, -0.2) is 9.97 Å². The van der Waals surface area contributed by atoms with Gasteiger partial charge in [0.05, 0.1) is 5.92 Å². The molecule has 1 saturated heterocycles. The molecule has 2 rings (SSSR count). The average Bonchev–Trinajstić information content (AvgIpc) is 2.63. The second-order valence-electron chi connectivity index (χ2n) is 3.85. The van der Waals surface area contributed by atoms with Crippen molar-refractivity contribution in [3.63, 3.8) is 0 Å². The minimum atomic E-state index is -0.370. The van der Waals surface area contributed by atoms with Gasteiger partial charge >= 0.3 is 0 Å².